The van der Waals surface area contributed by atoms with Crippen LogP contribution in [-0.4, -0.2) is 7.05 Å². The Morgan fingerprint density at radius 3 is 2.18 bits per heavy atom. The van der Waals surface area contributed by atoms with Gasteiger partial charge in [-0.2, -0.15) is 0 Å². The van der Waals surface area contributed by atoms with Crippen molar-refractivity contribution in [1.29, 1.82) is 0 Å². The fourth-order valence-electron chi connectivity index (χ4n) is 2.37. The van der Waals surface area contributed by atoms with Crippen molar-refractivity contribution < 1.29 is 0 Å². The highest BCUT2D eigenvalue weighted by atomic mass is 32.1. The minimum absolute atomic E-state index is 0.305. The Morgan fingerprint density at radius 1 is 1.06 bits per heavy atom. The number of hydrogen-bond acceptors (Lipinski definition) is 2. The monoisotopic (exact) mass is 245 g/mol. The van der Waals surface area contributed by atoms with E-state index >= 15 is 0 Å². The summed E-state index contributed by atoms with van der Waals surface area (Å²) in [7, 11) is 2.03. The molecule has 17 heavy (non-hydrogen) atoms. The smallest absolute Gasteiger partial charge is 0.0585 e. The maximum atomic E-state index is 3.42. The zero-order valence-electron chi connectivity index (χ0n) is 10.9. The van der Waals surface area contributed by atoms with E-state index in [1.165, 1.54) is 27.1 Å². The normalized spacial score (nSPS) is 12.7. The Labute approximate surface area is 108 Å². The number of benzene rings is 1. The number of nitrogens with one attached hydrogen (secondary N) is 1. The lowest BCUT2D eigenvalue weighted by Gasteiger charge is -2.18. The summed E-state index contributed by atoms with van der Waals surface area (Å²) in [6.45, 7) is 6.50. The highest BCUT2D eigenvalue weighted by molar-refractivity contribution is 7.10. The fraction of sp³-hybridized carbons (Fsp3) is 0.333. The SMILES string of the molecule is CNC(c1cc(C)cc(C)c1)c1ccsc1C. The number of hydrogen-bond donors (Lipinski definition) is 1. The molecule has 0 bridgehead atoms. The van der Waals surface area contributed by atoms with E-state index in [-0.39, 0.29) is 0 Å². The van der Waals surface area contributed by atoms with Crippen LogP contribution in [0.1, 0.15) is 33.2 Å². The van der Waals surface area contributed by atoms with Crippen molar-refractivity contribution >= 4 is 11.3 Å². The predicted octanol–water partition coefficient (Wildman–Crippen LogP) is 3.98. The van der Waals surface area contributed by atoms with Crippen molar-refractivity contribution in [3.05, 3.63) is 56.8 Å². The molecule has 1 aromatic heterocycles. The molecule has 1 aromatic carbocycles. The Balaban J connectivity index is 2.45. The third-order valence-corrected chi connectivity index (χ3v) is 3.94. The quantitative estimate of drug-likeness (QED) is 0.862. The number of rotatable bonds is 3. The first kappa shape index (κ1) is 12.3. The second-order valence-electron chi connectivity index (χ2n) is 4.57. The minimum Gasteiger partial charge on any atom is -0.309 e. The van der Waals surface area contributed by atoms with Gasteiger partial charge in [-0.1, -0.05) is 29.3 Å². The van der Waals surface area contributed by atoms with Gasteiger partial charge in [0, 0.05) is 4.88 Å². The largest absolute Gasteiger partial charge is 0.309 e. The zero-order chi connectivity index (χ0) is 12.4. The predicted molar refractivity (Wildman–Crippen MR) is 75.9 cm³/mol. The molecule has 0 amide bonds. The van der Waals surface area contributed by atoms with Gasteiger partial charge in [-0.25, -0.2) is 0 Å². The third kappa shape index (κ3) is 2.59. The van der Waals surface area contributed by atoms with Crippen molar-refractivity contribution in [2.75, 3.05) is 7.05 Å². The van der Waals surface area contributed by atoms with Gasteiger partial charge in [-0.15, -0.1) is 11.3 Å². The van der Waals surface area contributed by atoms with Crippen LogP contribution in [0.25, 0.3) is 0 Å². The standard InChI is InChI=1S/C15H19NS/c1-10-7-11(2)9-13(8-10)15(16-4)14-5-6-17-12(14)3/h5-9,15-16H,1-4H3. The molecule has 1 heterocycles. The van der Waals surface area contributed by atoms with Crippen LogP contribution in [0, 0.1) is 20.8 Å². The molecular formula is C15H19NS. The number of aryl methyl sites for hydroxylation is 3. The molecule has 0 radical (unpaired) electrons. The maximum absolute atomic E-state index is 3.42. The van der Waals surface area contributed by atoms with Crippen molar-refractivity contribution in [1.82, 2.24) is 5.32 Å². The summed E-state index contributed by atoms with van der Waals surface area (Å²) in [5.74, 6) is 0. The molecule has 0 saturated heterocycles. The van der Waals surface area contributed by atoms with Gasteiger partial charge in [-0.05, 0) is 50.4 Å². The van der Waals surface area contributed by atoms with E-state index in [1.807, 2.05) is 18.4 Å². The van der Waals surface area contributed by atoms with Gasteiger partial charge < -0.3 is 5.32 Å². The van der Waals surface area contributed by atoms with Gasteiger partial charge in [0.05, 0.1) is 6.04 Å². The molecule has 0 fully saturated rings. The summed E-state index contributed by atoms with van der Waals surface area (Å²) in [6, 6.07) is 9.28. The van der Waals surface area contributed by atoms with E-state index in [9.17, 15) is 0 Å². The van der Waals surface area contributed by atoms with Crippen molar-refractivity contribution in [2.45, 2.75) is 26.8 Å². The van der Waals surface area contributed by atoms with Crippen LogP contribution in [0.2, 0.25) is 0 Å². The summed E-state index contributed by atoms with van der Waals surface area (Å²) < 4.78 is 0. The maximum Gasteiger partial charge on any atom is 0.0585 e. The van der Waals surface area contributed by atoms with Gasteiger partial charge in [0.2, 0.25) is 0 Å². The molecule has 2 rings (SSSR count). The van der Waals surface area contributed by atoms with E-state index in [2.05, 4.69) is 55.7 Å². The van der Waals surface area contributed by atoms with Crippen LogP contribution in [0.15, 0.2) is 29.6 Å². The molecular weight excluding hydrogens is 226 g/mol. The first-order valence-corrected chi connectivity index (χ1v) is 6.79. The van der Waals surface area contributed by atoms with Gasteiger partial charge in [0.15, 0.2) is 0 Å². The Bertz CT molecular complexity index is 493. The van der Waals surface area contributed by atoms with Gasteiger partial charge >= 0.3 is 0 Å². The first-order valence-electron chi connectivity index (χ1n) is 5.91. The second kappa shape index (κ2) is 5.03. The van der Waals surface area contributed by atoms with Gasteiger partial charge in [-0.3, -0.25) is 0 Å². The molecule has 1 atom stereocenters. The zero-order valence-corrected chi connectivity index (χ0v) is 11.7. The van der Waals surface area contributed by atoms with E-state index in [0.717, 1.165) is 0 Å². The average molecular weight is 245 g/mol. The molecule has 1 N–H and O–H groups in total. The second-order valence-corrected chi connectivity index (χ2v) is 5.70. The highest BCUT2D eigenvalue weighted by Gasteiger charge is 2.15. The Kier molecular flexibility index (Phi) is 3.65. The summed E-state index contributed by atoms with van der Waals surface area (Å²) in [5, 5.41) is 5.59. The van der Waals surface area contributed by atoms with Crippen LogP contribution < -0.4 is 5.32 Å². The summed E-state index contributed by atoms with van der Waals surface area (Å²) in [5.41, 5.74) is 5.40. The fourth-order valence-corrected chi connectivity index (χ4v) is 3.11. The molecule has 2 heteroatoms. The summed E-state index contributed by atoms with van der Waals surface area (Å²) in [6.07, 6.45) is 0. The topological polar surface area (TPSA) is 12.0 Å². The lowest BCUT2D eigenvalue weighted by Crippen LogP contribution is -2.18. The molecule has 0 aliphatic rings. The van der Waals surface area contributed by atoms with Crippen molar-refractivity contribution in [3.8, 4) is 0 Å². The molecule has 0 spiro atoms. The Hall–Kier alpha value is -1.12. The van der Waals surface area contributed by atoms with E-state index in [4.69, 9.17) is 0 Å². The Morgan fingerprint density at radius 2 is 1.71 bits per heavy atom. The lowest BCUT2D eigenvalue weighted by molar-refractivity contribution is 0.690. The first-order chi connectivity index (χ1) is 8.11. The van der Waals surface area contributed by atoms with E-state index in [1.54, 1.807) is 0 Å². The lowest BCUT2D eigenvalue weighted by atomic mass is 9.96. The van der Waals surface area contributed by atoms with Gasteiger partial charge in [0.1, 0.15) is 0 Å². The van der Waals surface area contributed by atoms with E-state index < -0.39 is 0 Å². The van der Waals surface area contributed by atoms with Crippen molar-refractivity contribution in [3.63, 3.8) is 0 Å². The van der Waals surface area contributed by atoms with Gasteiger partial charge in [0.25, 0.3) is 0 Å². The molecule has 0 aliphatic heterocycles. The molecule has 90 valence electrons. The van der Waals surface area contributed by atoms with Crippen LogP contribution in [0.3, 0.4) is 0 Å². The molecule has 0 saturated carbocycles. The molecule has 0 aliphatic carbocycles. The molecule has 1 nitrogen and oxygen atoms in total. The number of thiophene rings is 1. The van der Waals surface area contributed by atoms with Crippen LogP contribution in [0.4, 0.5) is 0 Å². The van der Waals surface area contributed by atoms with Crippen molar-refractivity contribution in [2.24, 2.45) is 0 Å². The average Bonchev–Trinajstić information content (AvgIpc) is 2.65. The third-order valence-electron chi connectivity index (χ3n) is 3.08. The van der Waals surface area contributed by atoms with Crippen LogP contribution in [-0.2, 0) is 0 Å². The molecule has 1 unspecified atom stereocenters. The molecule has 2 aromatic rings. The summed E-state index contributed by atoms with van der Waals surface area (Å²) in [4.78, 5) is 1.39. The van der Waals surface area contributed by atoms with E-state index in [0.29, 0.717) is 6.04 Å². The van der Waals surface area contributed by atoms with Crippen LogP contribution in [0.5, 0.6) is 0 Å². The minimum atomic E-state index is 0.305. The van der Waals surface area contributed by atoms with Crippen LogP contribution >= 0.6 is 11.3 Å². The highest BCUT2D eigenvalue weighted by Crippen LogP contribution is 2.28. The summed E-state index contributed by atoms with van der Waals surface area (Å²) >= 11 is 1.81.